The average Bonchev–Trinajstić information content (AvgIpc) is 3.23. The summed E-state index contributed by atoms with van der Waals surface area (Å²) in [5.74, 6) is 0. The molecule has 0 aliphatic heterocycles. The van der Waals surface area contributed by atoms with Crippen molar-refractivity contribution in [2.45, 2.75) is 49.6 Å². The number of rotatable bonds is 10. The number of aromatic nitrogens is 6. The molecule has 0 unspecified atom stereocenters. The Bertz CT molecular complexity index is 2930. The third-order valence-electron chi connectivity index (χ3n) is 8.24. The first kappa shape index (κ1) is 35.4. The largest absolute Gasteiger partial charge is 0.249 e. The first-order valence-electron chi connectivity index (χ1n) is 16.9. The van der Waals surface area contributed by atoms with Crippen molar-refractivity contribution in [1.29, 1.82) is 0 Å². The minimum atomic E-state index is -4.14. The van der Waals surface area contributed by atoms with Gasteiger partial charge < -0.3 is 0 Å². The Morgan fingerprint density at radius 3 is 1.22 bits per heavy atom. The van der Waals surface area contributed by atoms with Gasteiger partial charge in [0, 0.05) is 19.6 Å². The van der Waals surface area contributed by atoms with E-state index in [1.54, 1.807) is 36.5 Å². The van der Waals surface area contributed by atoms with Crippen LogP contribution in [0.25, 0.3) is 33.1 Å². The van der Waals surface area contributed by atoms with Crippen molar-refractivity contribution in [3.8, 4) is 0 Å². The topological polar surface area (TPSA) is 111 Å². The summed E-state index contributed by atoms with van der Waals surface area (Å²) in [5.41, 5.74) is 2.41. The number of hydrogen-bond acceptors (Lipinski definition) is 12. The van der Waals surface area contributed by atoms with Gasteiger partial charge in [-0.1, -0.05) is 138 Å². The number of sulfone groups is 1. The fourth-order valence-corrected chi connectivity index (χ4v) is 10.8. The van der Waals surface area contributed by atoms with Gasteiger partial charge in [0.15, 0.2) is 5.03 Å². The first-order chi connectivity index (χ1) is 27.0. The van der Waals surface area contributed by atoms with Crippen molar-refractivity contribution >= 4 is 90.0 Å². The van der Waals surface area contributed by atoms with E-state index in [4.69, 9.17) is 29.9 Å². The van der Waals surface area contributed by atoms with Gasteiger partial charge in [-0.2, -0.15) is 0 Å². The molecule has 0 amide bonds. The van der Waals surface area contributed by atoms with Crippen molar-refractivity contribution in [3.05, 3.63) is 158 Å². The van der Waals surface area contributed by atoms with E-state index < -0.39 is 9.84 Å². The molecule has 266 valence electrons. The maximum atomic E-state index is 14.5. The van der Waals surface area contributed by atoms with Crippen LogP contribution in [-0.4, -0.2) is 38.3 Å². The third-order valence-corrected chi connectivity index (χ3v) is 14.1. The zero-order valence-electron chi connectivity index (χ0n) is 28.6. The van der Waals surface area contributed by atoms with Gasteiger partial charge in [-0.3, -0.25) is 0 Å². The molecule has 9 aromatic rings. The normalized spacial score (nSPS) is 11.7. The first-order valence-corrected chi connectivity index (χ1v) is 21.7. The Balaban J connectivity index is 1.36. The Morgan fingerprint density at radius 1 is 0.364 bits per heavy atom. The summed E-state index contributed by atoms with van der Waals surface area (Å²) in [6.45, 7) is 0. The summed E-state index contributed by atoms with van der Waals surface area (Å²) in [6.07, 6.45) is 1.71. The fraction of sp³-hybridized carbons (Fsp3) is 0. The predicted molar refractivity (Wildman–Crippen MR) is 220 cm³/mol. The Kier molecular flexibility index (Phi) is 9.94. The average molecular weight is 807 g/mol. The van der Waals surface area contributed by atoms with Crippen molar-refractivity contribution in [3.63, 3.8) is 0 Å². The van der Waals surface area contributed by atoms with Crippen LogP contribution in [-0.2, 0) is 9.84 Å². The predicted octanol–water partition coefficient (Wildman–Crippen LogP) is 11.0. The molecule has 0 atom stereocenters. The minimum Gasteiger partial charge on any atom is -0.249 e. The van der Waals surface area contributed by atoms with Crippen LogP contribution in [0, 0.1) is 0 Å². The molecule has 55 heavy (non-hydrogen) atoms. The van der Waals surface area contributed by atoms with Crippen molar-refractivity contribution in [1.82, 2.24) is 29.9 Å². The lowest BCUT2D eigenvalue weighted by molar-refractivity contribution is 0.588. The van der Waals surface area contributed by atoms with Crippen LogP contribution in [0.1, 0.15) is 0 Å². The molecule has 9 rings (SSSR count). The molecule has 0 radical (unpaired) electrons. The van der Waals surface area contributed by atoms with Gasteiger partial charge in [0.2, 0.25) is 9.84 Å². The Labute approximate surface area is 333 Å². The second kappa shape index (κ2) is 15.4. The summed E-state index contributed by atoms with van der Waals surface area (Å²) in [6, 6.07) is 47.7. The van der Waals surface area contributed by atoms with Crippen LogP contribution in [0.3, 0.4) is 0 Å². The lowest BCUT2D eigenvalue weighted by Gasteiger charge is -2.15. The summed E-state index contributed by atoms with van der Waals surface area (Å²) >= 11 is 5.68. The Morgan fingerprint density at radius 2 is 0.727 bits per heavy atom. The highest BCUT2D eigenvalue weighted by Gasteiger charge is 2.29. The van der Waals surface area contributed by atoms with E-state index in [0.717, 1.165) is 19.6 Å². The highest BCUT2D eigenvalue weighted by Crippen LogP contribution is 2.42. The van der Waals surface area contributed by atoms with Gasteiger partial charge in [0.25, 0.3) is 0 Å². The van der Waals surface area contributed by atoms with Crippen LogP contribution in [0.15, 0.2) is 207 Å². The van der Waals surface area contributed by atoms with E-state index >= 15 is 0 Å². The lowest BCUT2D eigenvalue weighted by Crippen LogP contribution is -2.09. The molecule has 0 saturated heterocycles. The van der Waals surface area contributed by atoms with E-state index in [1.807, 2.05) is 121 Å². The van der Waals surface area contributed by atoms with Crippen molar-refractivity contribution in [2.24, 2.45) is 0 Å². The van der Waals surface area contributed by atoms with Crippen molar-refractivity contribution < 1.29 is 8.42 Å². The van der Waals surface area contributed by atoms with Crippen LogP contribution in [0.4, 0.5) is 0 Å². The monoisotopic (exact) mass is 806 g/mol. The summed E-state index contributed by atoms with van der Waals surface area (Å²) < 4.78 is 29.0. The molecule has 0 saturated carbocycles. The molecular weight excluding hydrogens is 781 g/mol. The SMILES string of the molecule is O=S(=O)(c1ccccc1)c1nc2c3nc(Sc4ccccc4)c(Sc4ccccc4)nc3c3nc(Sc4ccccc4)cnc3c2nc1Sc1ccccc1. The standard InChI is InChI=1S/C42H26N6O2S5/c49-55(50,31-24-14-5-15-25-31)42-41(54-30-22-12-4-13-23-30)47-35-33-34(44-32(26-43-33)51-27-16-6-1-7-17-27)36-37(38(35)48-42)46-40(53-29-20-10-3-11-21-29)39(45-36)52-28-18-8-2-9-19-28/h1-26H. The maximum absolute atomic E-state index is 14.5. The van der Waals surface area contributed by atoms with Gasteiger partial charge >= 0.3 is 0 Å². The summed E-state index contributed by atoms with van der Waals surface area (Å²) in [7, 11) is -4.14. The molecule has 8 nitrogen and oxygen atoms in total. The van der Waals surface area contributed by atoms with Gasteiger partial charge in [0.05, 0.1) is 11.1 Å². The summed E-state index contributed by atoms with van der Waals surface area (Å²) in [5, 5.41) is 2.00. The van der Waals surface area contributed by atoms with E-state index in [0.29, 0.717) is 42.7 Å². The quantitative estimate of drug-likeness (QED) is 0.123. The minimum absolute atomic E-state index is 0.110. The zero-order chi connectivity index (χ0) is 37.2. The zero-order valence-corrected chi connectivity index (χ0v) is 32.6. The summed E-state index contributed by atoms with van der Waals surface area (Å²) in [4.78, 5) is 34.6. The second-order valence-corrected chi connectivity index (χ2v) is 18.1. The highest BCUT2D eigenvalue weighted by molar-refractivity contribution is 8.02. The van der Waals surface area contributed by atoms with Gasteiger partial charge in [0.1, 0.15) is 53.2 Å². The van der Waals surface area contributed by atoms with Crippen LogP contribution < -0.4 is 0 Å². The number of nitrogens with zero attached hydrogens (tertiary/aromatic N) is 6. The number of fused-ring (bicyclic) bond motifs is 6. The molecule has 3 aromatic heterocycles. The number of hydrogen-bond donors (Lipinski definition) is 0. The second-order valence-electron chi connectivity index (χ2n) is 11.9. The Hall–Kier alpha value is -5.31. The third kappa shape index (κ3) is 7.41. The molecule has 3 heterocycles. The van der Waals surface area contributed by atoms with Crippen LogP contribution in [0.5, 0.6) is 0 Å². The number of benzene rings is 6. The van der Waals surface area contributed by atoms with E-state index in [-0.39, 0.29) is 20.5 Å². The van der Waals surface area contributed by atoms with Gasteiger partial charge in [-0.05, 0) is 60.7 Å². The molecule has 0 bridgehead atoms. The van der Waals surface area contributed by atoms with Gasteiger partial charge in [-0.15, -0.1) is 0 Å². The van der Waals surface area contributed by atoms with E-state index in [9.17, 15) is 8.42 Å². The highest BCUT2D eigenvalue weighted by atomic mass is 32.2. The maximum Gasteiger partial charge on any atom is 0.226 e. The molecule has 0 N–H and O–H groups in total. The van der Waals surface area contributed by atoms with Crippen LogP contribution in [0.2, 0.25) is 0 Å². The lowest BCUT2D eigenvalue weighted by atomic mass is 10.2. The van der Waals surface area contributed by atoms with Gasteiger partial charge in [-0.25, -0.2) is 38.3 Å². The van der Waals surface area contributed by atoms with E-state index in [1.165, 1.54) is 47.0 Å². The van der Waals surface area contributed by atoms with E-state index in [2.05, 4.69) is 0 Å². The molecule has 6 aromatic carbocycles. The fourth-order valence-electron chi connectivity index (χ4n) is 5.73. The molecule has 0 fully saturated rings. The molecular formula is C42H26N6O2S5. The smallest absolute Gasteiger partial charge is 0.226 e. The molecule has 0 aliphatic rings. The van der Waals surface area contributed by atoms with Crippen LogP contribution >= 0.6 is 47.0 Å². The molecule has 0 spiro atoms. The molecule has 0 aliphatic carbocycles. The van der Waals surface area contributed by atoms with Crippen molar-refractivity contribution in [2.75, 3.05) is 0 Å². The molecule has 13 heteroatoms.